The van der Waals surface area contributed by atoms with E-state index in [-0.39, 0.29) is 30.3 Å². The quantitative estimate of drug-likeness (QED) is 0.341. The summed E-state index contributed by atoms with van der Waals surface area (Å²) in [6, 6.07) is 15.8. The topological polar surface area (TPSA) is 86.0 Å². The van der Waals surface area contributed by atoms with Crippen LogP contribution in [0.25, 0.3) is 5.65 Å². The third-order valence-corrected chi connectivity index (χ3v) is 5.74. The second kappa shape index (κ2) is 15.0. The molecule has 2 aromatic heterocycles. The van der Waals surface area contributed by atoms with E-state index in [4.69, 9.17) is 9.47 Å². The lowest BCUT2D eigenvalue weighted by atomic mass is 10.1. The van der Waals surface area contributed by atoms with Crippen LogP contribution in [0, 0.1) is 5.92 Å². The Morgan fingerprint density at radius 1 is 0.972 bits per heavy atom. The Kier molecular flexibility index (Phi) is 12.1. The standard InChI is InChI=1S/C23H30N4O3.C5H10O/c1-4-14-26(5-2)23(28)30-17-20-12-9-13-21-24-25-22(27(20)21)18(3)15-29-16-19-10-7-6-8-11-19;1-4(2)5(3)6/h6-13,18H,4-5,14-17H2,1-3H3;4H,1-3H3. The van der Waals surface area contributed by atoms with Crippen LogP contribution in [0.4, 0.5) is 4.79 Å². The lowest BCUT2D eigenvalue weighted by Crippen LogP contribution is -2.32. The molecule has 1 unspecified atom stereocenters. The smallest absolute Gasteiger partial charge is 0.410 e. The van der Waals surface area contributed by atoms with Crippen LogP contribution in [0.2, 0.25) is 0 Å². The molecule has 0 spiro atoms. The monoisotopic (exact) mass is 496 g/mol. The van der Waals surface area contributed by atoms with Gasteiger partial charge in [0.2, 0.25) is 0 Å². The minimum Gasteiger partial charge on any atom is -0.443 e. The second-order valence-corrected chi connectivity index (χ2v) is 9.07. The highest BCUT2D eigenvalue weighted by molar-refractivity contribution is 5.77. The zero-order valence-corrected chi connectivity index (χ0v) is 22.4. The summed E-state index contributed by atoms with van der Waals surface area (Å²) in [4.78, 5) is 24.2. The van der Waals surface area contributed by atoms with E-state index in [0.29, 0.717) is 26.3 Å². The van der Waals surface area contributed by atoms with Gasteiger partial charge in [0.25, 0.3) is 0 Å². The Hall–Kier alpha value is -3.26. The van der Waals surface area contributed by atoms with Crippen molar-refractivity contribution in [3.05, 3.63) is 65.6 Å². The average molecular weight is 497 g/mol. The molecule has 0 aliphatic carbocycles. The first-order chi connectivity index (χ1) is 17.3. The largest absolute Gasteiger partial charge is 0.443 e. The number of nitrogens with zero attached hydrogens (tertiary/aromatic N) is 4. The Morgan fingerprint density at radius 2 is 1.67 bits per heavy atom. The highest BCUT2D eigenvalue weighted by Crippen LogP contribution is 2.19. The highest BCUT2D eigenvalue weighted by Gasteiger charge is 2.18. The third-order valence-electron chi connectivity index (χ3n) is 5.74. The van der Waals surface area contributed by atoms with Gasteiger partial charge in [0, 0.05) is 24.9 Å². The van der Waals surface area contributed by atoms with Crippen molar-refractivity contribution in [2.24, 2.45) is 5.92 Å². The van der Waals surface area contributed by atoms with Crippen molar-refractivity contribution in [1.29, 1.82) is 0 Å². The first-order valence-electron chi connectivity index (χ1n) is 12.6. The molecule has 2 heterocycles. The Bertz CT molecular complexity index is 1080. The molecule has 0 fully saturated rings. The summed E-state index contributed by atoms with van der Waals surface area (Å²) in [5.74, 6) is 1.30. The minimum absolute atomic E-state index is 0.0350. The van der Waals surface area contributed by atoms with Crippen molar-refractivity contribution in [3.63, 3.8) is 0 Å². The van der Waals surface area contributed by atoms with Crippen LogP contribution >= 0.6 is 0 Å². The van der Waals surface area contributed by atoms with Crippen molar-refractivity contribution in [2.75, 3.05) is 19.7 Å². The number of aromatic nitrogens is 3. The van der Waals surface area contributed by atoms with Gasteiger partial charge < -0.3 is 14.4 Å². The van der Waals surface area contributed by atoms with E-state index in [1.54, 1.807) is 11.8 Å². The second-order valence-electron chi connectivity index (χ2n) is 9.07. The van der Waals surface area contributed by atoms with E-state index in [1.165, 1.54) is 0 Å². The van der Waals surface area contributed by atoms with Gasteiger partial charge in [-0.1, -0.05) is 64.1 Å². The van der Waals surface area contributed by atoms with E-state index < -0.39 is 0 Å². The van der Waals surface area contributed by atoms with Crippen molar-refractivity contribution in [1.82, 2.24) is 19.5 Å². The summed E-state index contributed by atoms with van der Waals surface area (Å²) >= 11 is 0. The first kappa shape index (κ1) is 29.0. The Labute approximate surface area is 214 Å². The van der Waals surface area contributed by atoms with Gasteiger partial charge in [0.15, 0.2) is 5.65 Å². The van der Waals surface area contributed by atoms with Crippen LogP contribution in [-0.2, 0) is 27.5 Å². The van der Waals surface area contributed by atoms with E-state index in [1.807, 2.05) is 80.6 Å². The van der Waals surface area contributed by atoms with Crippen LogP contribution in [0.3, 0.4) is 0 Å². The maximum absolute atomic E-state index is 12.3. The molecule has 1 aromatic carbocycles. The predicted molar refractivity (Wildman–Crippen MR) is 141 cm³/mol. The van der Waals surface area contributed by atoms with Crippen molar-refractivity contribution in [2.45, 2.75) is 67.1 Å². The molecule has 3 rings (SSSR count). The van der Waals surface area contributed by atoms with Crippen molar-refractivity contribution >= 4 is 17.5 Å². The summed E-state index contributed by atoms with van der Waals surface area (Å²) in [5, 5.41) is 8.65. The van der Waals surface area contributed by atoms with Gasteiger partial charge in [-0.2, -0.15) is 0 Å². The summed E-state index contributed by atoms with van der Waals surface area (Å²) in [5.41, 5.74) is 2.70. The van der Waals surface area contributed by atoms with Gasteiger partial charge in [-0.25, -0.2) is 4.79 Å². The molecular weight excluding hydrogens is 456 g/mol. The SMILES string of the molecule is CC(=O)C(C)C.CCCN(CC)C(=O)OCc1cccc2nnc(C(C)COCc3ccccc3)n12. The molecule has 1 atom stereocenters. The molecule has 0 N–H and O–H groups in total. The molecule has 0 saturated heterocycles. The normalized spacial score (nSPS) is 11.6. The van der Waals surface area contributed by atoms with E-state index in [0.717, 1.165) is 29.1 Å². The van der Waals surface area contributed by atoms with E-state index in [2.05, 4.69) is 17.1 Å². The number of pyridine rings is 1. The first-order valence-corrected chi connectivity index (χ1v) is 12.6. The summed E-state index contributed by atoms with van der Waals surface area (Å²) < 4.78 is 13.4. The molecule has 1 amide bonds. The van der Waals surface area contributed by atoms with E-state index in [9.17, 15) is 9.59 Å². The number of amides is 1. The molecule has 196 valence electrons. The van der Waals surface area contributed by atoms with Gasteiger partial charge >= 0.3 is 6.09 Å². The maximum atomic E-state index is 12.3. The number of carbonyl (C=O) groups excluding carboxylic acids is 2. The molecule has 3 aromatic rings. The van der Waals surface area contributed by atoms with Crippen LogP contribution in [-0.4, -0.2) is 51.1 Å². The molecule has 0 saturated carbocycles. The lowest BCUT2D eigenvalue weighted by molar-refractivity contribution is -0.119. The fourth-order valence-corrected chi connectivity index (χ4v) is 3.34. The van der Waals surface area contributed by atoms with Gasteiger partial charge in [-0.05, 0) is 38.0 Å². The molecular formula is C28H40N4O4. The zero-order chi connectivity index (χ0) is 26.5. The lowest BCUT2D eigenvalue weighted by Gasteiger charge is -2.20. The Balaban J connectivity index is 0.000000678. The van der Waals surface area contributed by atoms with Crippen LogP contribution in [0.1, 0.15) is 71.0 Å². The molecule has 8 heteroatoms. The van der Waals surface area contributed by atoms with Gasteiger partial charge in [0.05, 0.1) is 18.9 Å². The predicted octanol–water partition coefficient (Wildman–Crippen LogP) is 5.65. The van der Waals surface area contributed by atoms with Crippen LogP contribution < -0.4 is 0 Å². The number of ketones is 1. The van der Waals surface area contributed by atoms with E-state index >= 15 is 0 Å². The molecule has 8 nitrogen and oxygen atoms in total. The number of carbonyl (C=O) groups is 2. The number of hydrogen-bond acceptors (Lipinski definition) is 6. The number of ether oxygens (including phenoxy) is 2. The van der Waals surface area contributed by atoms with Crippen molar-refractivity contribution in [3.8, 4) is 0 Å². The Morgan fingerprint density at radius 3 is 2.28 bits per heavy atom. The highest BCUT2D eigenvalue weighted by atomic mass is 16.6. The third kappa shape index (κ3) is 8.75. The fraction of sp³-hybridized carbons (Fsp3) is 0.500. The number of hydrogen-bond donors (Lipinski definition) is 0. The van der Waals surface area contributed by atoms with Crippen LogP contribution in [0.15, 0.2) is 48.5 Å². The molecule has 0 aliphatic rings. The van der Waals surface area contributed by atoms with Crippen LogP contribution in [0.5, 0.6) is 0 Å². The zero-order valence-electron chi connectivity index (χ0n) is 22.4. The summed E-state index contributed by atoms with van der Waals surface area (Å²) in [6.07, 6.45) is 0.597. The average Bonchev–Trinajstić information content (AvgIpc) is 3.32. The minimum atomic E-state index is -0.301. The maximum Gasteiger partial charge on any atom is 0.410 e. The summed E-state index contributed by atoms with van der Waals surface area (Å²) in [7, 11) is 0. The summed E-state index contributed by atoms with van der Waals surface area (Å²) in [6.45, 7) is 14.0. The molecule has 0 aliphatic heterocycles. The number of benzene rings is 1. The van der Waals surface area contributed by atoms with Gasteiger partial charge in [-0.3, -0.25) is 9.20 Å². The fourth-order valence-electron chi connectivity index (χ4n) is 3.34. The number of rotatable bonds is 11. The van der Waals surface area contributed by atoms with Crippen molar-refractivity contribution < 1.29 is 19.1 Å². The van der Waals surface area contributed by atoms with Gasteiger partial charge in [0.1, 0.15) is 18.2 Å². The molecule has 0 radical (unpaired) electrons. The number of fused-ring (bicyclic) bond motifs is 1. The molecule has 0 bridgehead atoms. The molecule has 36 heavy (non-hydrogen) atoms. The number of Topliss-reactive ketones (excluding diaryl/α,β-unsaturated/α-hetero) is 1. The van der Waals surface area contributed by atoms with Gasteiger partial charge in [-0.15, -0.1) is 10.2 Å².